The first-order valence-electron chi connectivity index (χ1n) is 6.53. The smallest absolute Gasteiger partial charge is 0.339 e. The average molecular weight is 279 g/mol. The maximum Gasteiger partial charge on any atom is 0.339 e. The number of para-hydroxylation sites is 2. The van der Waals surface area contributed by atoms with Gasteiger partial charge in [0.2, 0.25) is 0 Å². The summed E-state index contributed by atoms with van der Waals surface area (Å²) in [6, 6.07) is 16.3. The minimum absolute atomic E-state index is 0.158. The largest absolute Gasteiger partial charge is 0.488 e. The Bertz CT molecular complexity index is 793. The van der Waals surface area contributed by atoms with E-state index in [1.165, 1.54) is 6.07 Å². The average Bonchev–Trinajstić information content (AvgIpc) is 2.53. The third-order valence-corrected chi connectivity index (χ3v) is 3.22. The Morgan fingerprint density at radius 2 is 1.86 bits per heavy atom. The molecule has 4 heteroatoms. The highest BCUT2D eigenvalue weighted by Crippen LogP contribution is 2.21. The van der Waals surface area contributed by atoms with E-state index in [0.717, 1.165) is 16.5 Å². The summed E-state index contributed by atoms with van der Waals surface area (Å²) < 4.78 is 5.67. The summed E-state index contributed by atoms with van der Waals surface area (Å²) in [5.74, 6) is -0.639. The maximum absolute atomic E-state index is 11.2. The van der Waals surface area contributed by atoms with Crippen molar-refractivity contribution in [2.75, 3.05) is 0 Å². The lowest BCUT2D eigenvalue weighted by atomic mass is 10.1. The van der Waals surface area contributed by atoms with Gasteiger partial charge in [-0.25, -0.2) is 4.79 Å². The second-order valence-electron chi connectivity index (χ2n) is 4.58. The number of nitrogens with zero attached hydrogens (tertiary/aromatic N) is 1. The second kappa shape index (κ2) is 5.63. The molecule has 104 valence electrons. The Morgan fingerprint density at radius 1 is 1.05 bits per heavy atom. The highest BCUT2D eigenvalue weighted by molar-refractivity contribution is 5.90. The lowest BCUT2D eigenvalue weighted by Crippen LogP contribution is -2.03. The molecule has 0 fully saturated rings. The van der Waals surface area contributed by atoms with Crippen LogP contribution in [-0.2, 0) is 6.61 Å². The van der Waals surface area contributed by atoms with Crippen molar-refractivity contribution in [2.45, 2.75) is 6.61 Å². The molecule has 3 rings (SSSR count). The number of carboxylic acids is 1. The molecule has 1 heterocycles. The standard InChI is InChI=1S/C17H13NO3/c19-17(20)14-8-1-2-9-15(14)21-11-13-6-3-5-12-7-4-10-18-16(12)13/h1-10H,11H2,(H,19,20). The Balaban J connectivity index is 1.89. The van der Waals surface area contributed by atoms with E-state index in [4.69, 9.17) is 9.84 Å². The fourth-order valence-electron chi connectivity index (χ4n) is 2.21. The van der Waals surface area contributed by atoms with Crippen molar-refractivity contribution in [3.63, 3.8) is 0 Å². The van der Waals surface area contributed by atoms with Crippen LogP contribution in [0.2, 0.25) is 0 Å². The van der Waals surface area contributed by atoms with Gasteiger partial charge in [0.05, 0.1) is 5.52 Å². The molecule has 0 saturated heterocycles. The summed E-state index contributed by atoms with van der Waals surface area (Å²) in [7, 11) is 0. The number of rotatable bonds is 4. The fraction of sp³-hybridized carbons (Fsp3) is 0.0588. The Labute approximate surface area is 121 Å². The monoisotopic (exact) mass is 279 g/mol. The van der Waals surface area contributed by atoms with Gasteiger partial charge in [-0.2, -0.15) is 0 Å². The predicted molar refractivity (Wildman–Crippen MR) is 79.5 cm³/mol. The van der Waals surface area contributed by atoms with E-state index in [2.05, 4.69) is 4.98 Å². The van der Waals surface area contributed by atoms with E-state index < -0.39 is 5.97 Å². The van der Waals surface area contributed by atoms with Crippen LogP contribution in [0, 0.1) is 0 Å². The number of carbonyl (C=O) groups is 1. The van der Waals surface area contributed by atoms with Crippen molar-refractivity contribution >= 4 is 16.9 Å². The van der Waals surface area contributed by atoms with Crippen molar-refractivity contribution in [1.82, 2.24) is 4.98 Å². The minimum atomic E-state index is -0.998. The molecule has 1 aromatic heterocycles. The SMILES string of the molecule is O=C(O)c1ccccc1OCc1cccc2cccnc12. The Morgan fingerprint density at radius 3 is 2.71 bits per heavy atom. The molecule has 4 nitrogen and oxygen atoms in total. The normalized spacial score (nSPS) is 10.5. The molecule has 0 aliphatic carbocycles. The van der Waals surface area contributed by atoms with Crippen LogP contribution in [0.5, 0.6) is 5.75 Å². The van der Waals surface area contributed by atoms with Gasteiger partial charge in [0, 0.05) is 17.1 Å². The third kappa shape index (κ3) is 2.69. The highest BCUT2D eigenvalue weighted by atomic mass is 16.5. The van der Waals surface area contributed by atoms with E-state index in [1.54, 1.807) is 24.4 Å². The number of ether oxygens (including phenoxy) is 1. The molecule has 0 spiro atoms. The van der Waals surface area contributed by atoms with E-state index in [9.17, 15) is 4.79 Å². The third-order valence-electron chi connectivity index (χ3n) is 3.22. The molecule has 0 aliphatic heterocycles. The number of aromatic carboxylic acids is 1. The van der Waals surface area contributed by atoms with Crippen LogP contribution in [0.1, 0.15) is 15.9 Å². The molecule has 0 saturated carbocycles. The van der Waals surface area contributed by atoms with Crippen LogP contribution in [0.25, 0.3) is 10.9 Å². The van der Waals surface area contributed by atoms with E-state index in [-0.39, 0.29) is 12.2 Å². The molecular formula is C17H13NO3. The maximum atomic E-state index is 11.2. The topological polar surface area (TPSA) is 59.4 Å². The number of fused-ring (bicyclic) bond motifs is 1. The molecule has 3 aromatic rings. The summed E-state index contributed by atoms with van der Waals surface area (Å²) in [5, 5.41) is 10.2. The lowest BCUT2D eigenvalue weighted by Gasteiger charge is -2.10. The molecule has 0 aliphatic rings. The molecular weight excluding hydrogens is 266 g/mol. The molecule has 0 radical (unpaired) electrons. The van der Waals surface area contributed by atoms with Gasteiger partial charge in [-0.3, -0.25) is 4.98 Å². The van der Waals surface area contributed by atoms with Crippen molar-refractivity contribution in [3.05, 3.63) is 71.9 Å². The number of aromatic nitrogens is 1. The van der Waals surface area contributed by atoms with Gasteiger partial charge in [-0.15, -0.1) is 0 Å². The van der Waals surface area contributed by atoms with Gasteiger partial charge in [-0.05, 0) is 18.2 Å². The molecule has 0 amide bonds. The summed E-state index contributed by atoms with van der Waals surface area (Å²) >= 11 is 0. The molecule has 21 heavy (non-hydrogen) atoms. The molecule has 0 bridgehead atoms. The first-order valence-corrected chi connectivity index (χ1v) is 6.53. The van der Waals surface area contributed by atoms with Crippen LogP contribution in [0.4, 0.5) is 0 Å². The van der Waals surface area contributed by atoms with E-state index >= 15 is 0 Å². The molecule has 1 N–H and O–H groups in total. The predicted octanol–water partition coefficient (Wildman–Crippen LogP) is 3.51. The number of hydrogen-bond donors (Lipinski definition) is 1. The summed E-state index contributed by atoms with van der Waals surface area (Å²) in [6.45, 7) is 0.276. The molecule has 0 atom stereocenters. The van der Waals surface area contributed by atoms with Crippen molar-refractivity contribution < 1.29 is 14.6 Å². The van der Waals surface area contributed by atoms with Gasteiger partial charge >= 0.3 is 5.97 Å². The van der Waals surface area contributed by atoms with Crippen LogP contribution >= 0.6 is 0 Å². The Kier molecular flexibility index (Phi) is 3.51. The Hall–Kier alpha value is -2.88. The zero-order chi connectivity index (χ0) is 14.7. The zero-order valence-corrected chi connectivity index (χ0v) is 11.2. The first-order chi connectivity index (χ1) is 10.3. The fourth-order valence-corrected chi connectivity index (χ4v) is 2.21. The van der Waals surface area contributed by atoms with Gasteiger partial charge in [0.1, 0.15) is 17.9 Å². The van der Waals surface area contributed by atoms with Gasteiger partial charge in [0.15, 0.2) is 0 Å². The zero-order valence-electron chi connectivity index (χ0n) is 11.2. The van der Waals surface area contributed by atoms with Gasteiger partial charge in [-0.1, -0.05) is 36.4 Å². The van der Waals surface area contributed by atoms with Crippen molar-refractivity contribution in [1.29, 1.82) is 0 Å². The van der Waals surface area contributed by atoms with Gasteiger partial charge in [0.25, 0.3) is 0 Å². The lowest BCUT2D eigenvalue weighted by molar-refractivity contribution is 0.0692. The summed E-state index contributed by atoms with van der Waals surface area (Å²) in [5.41, 5.74) is 1.95. The second-order valence-corrected chi connectivity index (χ2v) is 4.58. The molecule has 2 aromatic carbocycles. The van der Waals surface area contributed by atoms with Gasteiger partial charge < -0.3 is 9.84 Å². The van der Waals surface area contributed by atoms with Crippen LogP contribution in [0.3, 0.4) is 0 Å². The number of pyridine rings is 1. The van der Waals surface area contributed by atoms with E-state index in [0.29, 0.717) is 5.75 Å². The molecule has 0 unspecified atom stereocenters. The summed E-state index contributed by atoms with van der Waals surface area (Å²) in [6.07, 6.45) is 1.73. The van der Waals surface area contributed by atoms with Crippen LogP contribution in [0.15, 0.2) is 60.8 Å². The van der Waals surface area contributed by atoms with E-state index in [1.807, 2.05) is 30.3 Å². The van der Waals surface area contributed by atoms with Crippen molar-refractivity contribution in [2.24, 2.45) is 0 Å². The van der Waals surface area contributed by atoms with Crippen molar-refractivity contribution in [3.8, 4) is 5.75 Å². The minimum Gasteiger partial charge on any atom is -0.488 e. The quantitative estimate of drug-likeness (QED) is 0.794. The summed E-state index contributed by atoms with van der Waals surface area (Å²) in [4.78, 5) is 15.5. The number of benzene rings is 2. The number of carboxylic acid groups (broad SMARTS) is 1. The first kappa shape index (κ1) is 13.1. The van der Waals surface area contributed by atoms with Crippen LogP contribution in [-0.4, -0.2) is 16.1 Å². The number of hydrogen-bond acceptors (Lipinski definition) is 3. The highest BCUT2D eigenvalue weighted by Gasteiger charge is 2.11. The van der Waals surface area contributed by atoms with Crippen LogP contribution < -0.4 is 4.74 Å².